The van der Waals surface area contributed by atoms with Crippen LogP contribution >= 0.6 is 0 Å². The zero-order valence-corrected chi connectivity index (χ0v) is 31.0. The number of anilines is 6. The summed E-state index contributed by atoms with van der Waals surface area (Å²) in [5.41, 5.74) is 11.4. The Kier molecular flexibility index (Phi) is 7.85. The van der Waals surface area contributed by atoms with Crippen molar-refractivity contribution in [1.82, 2.24) is 0 Å². The summed E-state index contributed by atoms with van der Waals surface area (Å²) in [5.74, 6) is 0. The van der Waals surface area contributed by atoms with E-state index in [-0.39, 0.29) is 0 Å². The van der Waals surface area contributed by atoms with Crippen LogP contribution in [0.15, 0.2) is 212 Å². The molecule has 0 fully saturated rings. The quantitative estimate of drug-likeness (QED) is 0.120. The van der Waals surface area contributed by atoms with E-state index in [0.717, 1.165) is 22.7 Å². The van der Waals surface area contributed by atoms with Crippen LogP contribution < -0.4 is 9.80 Å². The molecule has 2 heteroatoms. The topological polar surface area (TPSA) is 6.48 Å². The second-order valence-electron chi connectivity index (χ2n) is 14.3. The molecular weight excluding hydrogens is 665 g/mol. The highest BCUT2D eigenvalue weighted by Crippen LogP contribution is 2.61. The first-order valence-corrected chi connectivity index (χ1v) is 19.2. The molecule has 9 aromatic rings. The molecule has 0 saturated heterocycles. The number of fused-ring (bicyclic) bond motifs is 3. The van der Waals surface area contributed by atoms with Gasteiger partial charge in [0.25, 0.3) is 0 Å². The van der Waals surface area contributed by atoms with Gasteiger partial charge in [-0.1, -0.05) is 152 Å². The van der Waals surface area contributed by atoms with E-state index in [1.807, 2.05) is 0 Å². The summed E-state index contributed by atoms with van der Waals surface area (Å²) in [4.78, 5) is 4.91. The Labute approximate surface area is 322 Å². The molecule has 0 amide bonds. The minimum absolute atomic E-state index is 0.577. The molecule has 9 aromatic carbocycles. The molecule has 0 spiro atoms. The smallest absolute Gasteiger partial charge is 0.0739 e. The summed E-state index contributed by atoms with van der Waals surface area (Å²) in [5, 5.41) is 7.50. The Morgan fingerprint density at radius 3 is 1.76 bits per heavy atom. The van der Waals surface area contributed by atoms with E-state index in [1.54, 1.807) is 0 Å². The minimum Gasteiger partial charge on any atom is -0.310 e. The van der Waals surface area contributed by atoms with Crippen LogP contribution in [0.1, 0.15) is 30.5 Å². The summed E-state index contributed by atoms with van der Waals surface area (Å²) in [6.07, 6.45) is 6.80. The third-order valence-corrected chi connectivity index (χ3v) is 11.5. The molecule has 0 bridgehead atoms. The highest BCUT2D eigenvalue weighted by atomic mass is 15.2. The SMILES string of the molecule is C/C=C\C(=C/C)C1(c2ccccc2)c2ccccc2N(c2ccccc2)c2c1cc1ccc3c(N(c4ccccc4)c4ccccc4)ccc4ccc2c1c43. The summed E-state index contributed by atoms with van der Waals surface area (Å²) in [6, 6.07) is 69.0. The molecule has 1 aliphatic heterocycles. The van der Waals surface area contributed by atoms with Crippen molar-refractivity contribution >= 4 is 66.4 Å². The Balaban J connectivity index is 1.37. The van der Waals surface area contributed by atoms with Crippen LogP contribution in [0.2, 0.25) is 0 Å². The Bertz CT molecular complexity index is 2840. The lowest BCUT2D eigenvalue weighted by Gasteiger charge is -2.47. The highest BCUT2D eigenvalue weighted by Gasteiger charge is 2.47. The lowest BCUT2D eigenvalue weighted by molar-refractivity contribution is 0.730. The van der Waals surface area contributed by atoms with E-state index in [9.17, 15) is 0 Å². The molecule has 1 atom stereocenters. The van der Waals surface area contributed by atoms with Gasteiger partial charge in [0, 0.05) is 27.8 Å². The van der Waals surface area contributed by atoms with Crippen molar-refractivity contribution in [2.45, 2.75) is 19.3 Å². The van der Waals surface area contributed by atoms with Gasteiger partial charge >= 0.3 is 0 Å². The van der Waals surface area contributed by atoms with E-state index in [0.29, 0.717) is 0 Å². The lowest BCUT2D eigenvalue weighted by atomic mass is 9.61. The zero-order valence-electron chi connectivity index (χ0n) is 31.0. The molecule has 10 rings (SSSR count). The molecule has 55 heavy (non-hydrogen) atoms. The molecule has 0 aromatic heterocycles. The number of benzene rings is 9. The fraction of sp³-hybridized carbons (Fsp3) is 0.0566. The van der Waals surface area contributed by atoms with Gasteiger partial charge in [-0.05, 0) is 112 Å². The van der Waals surface area contributed by atoms with Crippen LogP contribution in [-0.2, 0) is 5.41 Å². The summed E-state index contributed by atoms with van der Waals surface area (Å²) in [7, 11) is 0. The first-order valence-electron chi connectivity index (χ1n) is 19.2. The van der Waals surface area contributed by atoms with Crippen LogP contribution in [0.4, 0.5) is 34.1 Å². The maximum absolute atomic E-state index is 2.52. The molecule has 1 aliphatic rings. The molecule has 0 saturated carbocycles. The number of para-hydroxylation sites is 4. The normalized spacial score (nSPS) is 15.5. The van der Waals surface area contributed by atoms with Gasteiger partial charge in [0.2, 0.25) is 0 Å². The van der Waals surface area contributed by atoms with Crippen LogP contribution in [-0.4, -0.2) is 0 Å². The van der Waals surface area contributed by atoms with E-state index >= 15 is 0 Å². The summed E-state index contributed by atoms with van der Waals surface area (Å²) >= 11 is 0. The number of hydrogen-bond donors (Lipinski definition) is 0. The average molecular weight is 705 g/mol. The van der Waals surface area contributed by atoms with E-state index in [1.165, 1.54) is 66.0 Å². The second-order valence-corrected chi connectivity index (χ2v) is 14.3. The second kappa shape index (κ2) is 13.2. The summed E-state index contributed by atoms with van der Waals surface area (Å²) in [6.45, 7) is 4.31. The van der Waals surface area contributed by atoms with Crippen molar-refractivity contribution < 1.29 is 0 Å². The predicted octanol–water partition coefficient (Wildman–Crippen LogP) is 14.7. The molecule has 1 unspecified atom stereocenters. The van der Waals surface area contributed by atoms with Crippen molar-refractivity contribution in [2.75, 3.05) is 9.80 Å². The molecule has 1 heterocycles. The zero-order chi connectivity index (χ0) is 36.9. The van der Waals surface area contributed by atoms with Crippen molar-refractivity contribution in [2.24, 2.45) is 0 Å². The van der Waals surface area contributed by atoms with E-state index in [2.05, 4.69) is 230 Å². The first-order chi connectivity index (χ1) is 27.2. The van der Waals surface area contributed by atoms with Gasteiger partial charge in [-0.15, -0.1) is 0 Å². The third-order valence-electron chi connectivity index (χ3n) is 11.5. The predicted molar refractivity (Wildman–Crippen MR) is 234 cm³/mol. The number of nitrogens with zero attached hydrogens (tertiary/aromatic N) is 2. The van der Waals surface area contributed by atoms with Gasteiger partial charge in [0.1, 0.15) is 0 Å². The Hall–Kier alpha value is -6.90. The van der Waals surface area contributed by atoms with Gasteiger partial charge in [0.05, 0.1) is 22.5 Å². The molecule has 0 N–H and O–H groups in total. The Morgan fingerprint density at radius 1 is 0.527 bits per heavy atom. The number of allylic oxidation sites excluding steroid dienone is 4. The van der Waals surface area contributed by atoms with Crippen LogP contribution in [0, 0.1) is 0 Å². The van der Waals surface area contributed by atoms with Crippen molar-refractivity contribution in [3.05, 3.63) is 229 Å². The van der Waals surface area contributed by atoms with E-state index in [4.69, 9.17) is 0 Å². The Morgan fingerprint density at radius 2 is 1.09 bits per heavy atom. The highest BCUT2D eigenvalue weighted by molar-refractivity contribution is 6.29. The monoisotopic (exact) mass is 704 g/mol. The summed E-state index contributed by atoms with van der Waals surface area (Å²) < 4.78 is 0. The van der Waals surface area contributed by atoms with Crippen LogP contribution in [0.25, 0.3) is 32.3 Å². The number of rotatable bonds is 7. The van der Waals surface area contributed by atoms with Crippen molar-refractivity contribution in [1.29, 1.82) is 0 Å². The largest absolute Gasteiger partial charge is 0.310 e. The van der Waals surface area contributed by atoms with Gasteiger partial charge < -0.3 is 9.80 Å². The van der Waals surface area contributed by atoms with Gasteiger partial charge in [-0.25, -0.2) is 0 Å². The molecule has 262 valence electrons. The first kappa shape index (κ1) is 32.7. The minimum atomic E-state index is -0.577. The molecule has 0 radical (unpaired) electrons. The lowest BCUT2D eigenvalue weighted by Crippen LogP contribution is -2.38. The van der Waals surface area contributed by atoms with E-state index < -0.39 is 5.41 Å². The maximum atomic E-state index is 2.52. The molecule has 2 nitrogen and oxygen atoms in total. The van der Waals surface area contributed by atoms with Crippen molar-refractivity contribution in [3.8, 4) is 0 Å². The van der Waals surface area contributed by atoms with Crippen LogP contribution in [0.5, 0.6) is 0 Å². The van der Waals surface area contributed by atoms with Crippen LogP contribution in [0.3, 0.4) is 0 Å². The standard InChI is InChI=1S/C53H40N2/c1-3-19-39(4-2)53(40-20-9-5-10-21-40)46-28-17-18-29-49(46)55(43-26-15-8-16-27-43)52-45-34-30-37-32-35-48(44-33-31-38(36-47(52)53)51(45)50(37)44)54(41-22-11-6-12-23-41)42-24-13-7-14-25-42/h3-36H,1-2H3/b19-3-,39-4+. The van der Waals surface area contributed by atoms with Gasteiger partial charge in [-0.3, -0.25) is 0 Å². The third kappa shape index (κ3) is 4.88. The molecular formula is C53H40N2. The number of hydrogen-bond acceptors (Lipinski definition) is 2. The van der Waals surface area contributed by atoms with Gasteiger partial charge in [-0.2, -0.15) is 0 Å². The van der Waals surface area contributed by atoms with Crippen molar-refractivity contribution in [3.63, 3.8) is 0 Å². The van der Waals surface area contributed by atoms with Gasteiger partial charge in [0.15, 0.2) is 0 Å². The fourth-order valence-corrected chi connectivity index (χ4v) is 9.34. The molecule has 0 aliphatic carbocycles. The maximum Gasteiger partial charge on any atom is 0.0739 e. The average Bonchev–Trinajstić information content (AvgIpc) is 3.26. The fourth-order valence-electron chi connectivity index (χ4n) is 9.34.